The Morgan fingerprint density at radius 2 is 1.46 bits per heavy atom. The molecule has 0 aliphatic heterocycles. The van der Waals surface area contributed by atoms with Crippen LogP contribution in [0.1, 0.15) is 6.92 Å². The van der Waals surface area contributed by atoms with Crippen molar-refractivity contribution < 1.29 is 5.11 Å². The SMILES string of the molecule is CC1(O)C2C3C(I)C4C5C3C1C5C42. The van der Waals surface area contributed by atoms with Gasteiger partial charge in [0.15, 0.2) is 0 Å². The van der Waals surface area contributed by atoms with Gasteiger partial charge in [-0.1, -0.05) is 22.6 Å². The van der Waals surface area contributed by atoms with Gasteiger partial charge in [-0.15, -0.1) is 0 Å². The first-order valence-electron chi connectivity index (χ1n) is 5.52. The van der Waals surface area contributed by atoms with E-state index in [1.807, 2.05) is 0 Å². The molecule has 6 aliphatic carbocycles. The number of halogens is 1. The van der Waals surface area contributed by atoms with Gasteiger partial charge in [0, 0.05) is 3.92 Å². The molecule has 0 saturated heterocycles. The highest BCUT2D eigenvalue weighted by molar-refractivity contribution is 14.1. The highest BCUT2D eigenvalue weighted by Gasteiger charge is 2.91. The van der Waals surface area contributed by atoms with E-state index < -0.39 is 0 Å². The summed E-state index contributed by atoms with van der Waals surface area (Å²) in [6.07, 6.45) is 0. The highest BCUT2D eigenvalue weighted by atomic mass is 127. The summed E-state index contributed by atoms with van der Waals surface area (Å²) in [5, 5.41) is 10.5. The average Bonchev–Trinajstić information content (AvgIpc) is 2.42. The molecule has 10 atom stereocenters. The summed E-state index contributed by atoms with van der Waals surface area (Å²) in [5.41, 5.74) is -0.254. The van der Waals surface area contributed by atoms with Crippen molar-refractivity contribution in [2.24, 2.45) is 47.3 Å². The summed E-state index contributed by atoms with van der Waals surface area (Å²) in [7, 11) is 0. The Labute approximate surface area is 91.4 Å². The highest BCUT2D eigenvalue weighted by Crippen LogP contribution is 2.91. The van der Waals surface area contributed by atoms with Gasteiger partial charge in [-0.25, -0.2) is 0 Å². The van der Waals surface area contributed by atoms with Crippen LogP contribution in [0.25, 0.3) is 0 Å². The molecule has 6 fully saturated rings. The number of hydrogen-bond acceptors (Lipinski definition) is 1. The van der Waals surface area contributed by atoms with Crippen LogP contribution in [0.2, 0.25) is 0 Å². The smallest absolute Gasteiger partial charge is 0.0687 e. The molecule has 2 heteroatoms. The van der Waals surface area contributed by atoms with E-state index in [2.05, 4.69) is 29.5 Å². The lowest BCUT2D eigenvalue weighted by atomic mass is 9.41. The zero-order valence-corrected chi connectivity index (χ0v) is 9.68. The first-order valence-corrected chi connectivity index (χ1v) is 6.76. The van der Waals surface area contributed by atoms with E-state index in [1.165, 1.54) is 0 Å². The van der Waals surface area contributed by atoms with E-state index in [9.17, 15) is 5.11 Å². The van der Waals surface area contributed by atoms with Crippen molar-refractivity contribution in [2.45, 2.75) is 16.4 Å². The van der Waals surface area contributed by atoms with Crippen molar-refractivity contribution in [3.8, 4) is 0 Å². The van der Waals surface area contributed by atoms with Crippen LogP contribution in [0.15, 0.2) is 0 Å². The Balaban J connectivity index is 1.83. The number of rotatable bonds is 0. The Hall–Kier alpha value is 0.690. The topological polar surface area (TPSA) is 20.2 Å². The van der Waals surface area contributed by atoms with Gasteiger partial charge >= 0.3 is 0 Å². The predicted octanol–water partition coefficient (Wildman–Crippen LogP) is 1.54. The molecular weight excluding hydrogens is 275 g/mol. The summed E-state index contributed by atoms with van der Waals surface area (Å²) in [6.45, 7) is 2.13. The summed E-state index contributed by atoms with van der Waals surface area (Å²) in [4.78, 5) is 0. The number of hydrogen-bond donors (Lipinski definition) is 1. The maximum Gasteiger partial charge on any atom is 0.0687 e. The largest absolute Gasteiger partial charge is 0.390 e. The lowest BCUT2D eigenvalue weighted by Gasteiger charge is -2.63. The van der Waals surface area contributed by atoms with Gasteiger partial charge in [-0.3, -0.25) is 0 Å². The van der Waals surface area contributed by atoms with Crippen molar-refractivity contribution in [3.05, 3.63) is 0 Å². The minimum atomic E-state index is -0.254. The van der Waals surface area contributed by atoms with Crippen LogP contribution in [-0.2, 0) is 0 Å². The minimum absolute atomic E-state index is 0.254. The van der Waals surface area contributed by atoms with Gasteiger partial charge < -0.3 is 5.11 Å². The molecule has 6 aliphatic rings. The molecule has 6 saturated carbocycles. The first-order chi connectivity index (χ1) is 6.15. The maximum atomic E-state index is 10.5. The van der Waals surface area contributed by atoms with Gasteiger partial charge in [-0.2, -0.15) is 0 Å². The van der Waals surface area contributed by atoms with Crippen molar-refractivity contribution in [3.63, 3.8) is 0 Å². The lowest BCUT2D eigenvalue weighted by Crippen LogP contribution is -2.61. The second-order valence-electron chi connectivity index (χ2n) is 6.19. The van der Waals surface area contributed by atoms with Crippen LogP contribution in [0.4, 0.5) is 0 Å². The first kappa shape index (κ1) is 7.04. The summed E-state index contributed by atoms with van der Waals surface area (Å²) >= 11 is 2.68. The summed E-state index contributed by atoms with van der Waals surface area (Å²) in [5.74, 6) is 7.38. The van der Waals surface area contributed by atoms with E-state index in [0.29, 0.717) is 5.92 Å². The number of alkyl halides is 1. The van der Waals surface area contributed by atoms with E-state index in [1.54, 1.807) is 0 Å². The van der Waals surface area contributed by atoms with Crippen LogP contribution >= 0.6 is 22.6 Å². The molecule has 1 N–H and O–H groups in total. The zero-order valence-electron chi connectivity index (χ0n) is 7.52. The van der Waals surface area contributed by atoms with E-state index in [4.69, 9.17) is 0 Å². The van der Waals surface area contributed by atoms with Gasteiger partial charge in [0.2, 0.25) is 0 Å². The quantitative estimate of drug-likeness (QED) is 0.529. The molecule has 10 unspecified atom stereocenters. The molecule has 6 rings (SSSR count). The van der Waals surface area contributed by atoms with Crippen molar-refractivity contribution in [1.82, 2.24) is 0 Å². The molecule has 13 heavy (non-hydrogen) atoms. The summed E-state index contributed by atoms with van der Waals surface area (Å²) in [6, 6.07) is 0. The molecule has 1 nitrogen and oxygen atoms in total. The average molecular weight is 288 g/mol. The third kappa shape index (κ3) is 0.394. The molecule has 0 heterocycles. The van der Waals surface area contributed by atoms with Crippen LogP contribution in [-0.4, -0.2) is 14.6 Å². The van der Waals surface area contributed by atoms with E-state index >= 15 is 0 Å². The van der Waals surface area contributed by atoms with Gasteiger partial charge in [-0.05, 0) is 54.3 Å². The third-order valence-electron chi connectivity index (χ3n) is 6.41. The molecule has 0 aromatic carbocycles. The third-order valence-corrected chi connectivity index (χ3v) is 8.07. The van der Waals surface area contributed by atoms with Crippen LogP contribution in [0.3, 0.4) is 0 Å². The van der Waals surface area contributed by atoms with E-state index in [0.717, 1.165) is 45.3 Å². The monoisotopic (exact) mass is 288 g/mol. The van der Waals surface area contributed by atoms with Crippen molar-refractivity contribution >= 4 is 22.6 Å². The molecule has 0 spiro atoms. The predicted molar refractivity (Wildman–Crippen MR) is 56.4 cm³/mol. The Morgan fingerprint density at radius 3 is 2.00 bits per heavy atom. The Kier molecular flexibility index (Phi) is 0.828. The van der Waals surface area contributed by atoms with Crippen molar-refractivity contribution in [2.75, 3.05) is 0 Å². The maximum absolute atomic E-state index is 10.5. The fraction of sp³-hybridized carbons (Fsp3) is 1.00. The molecule has 70 valence electrons. The lowest BCUT2D eigenvalue weighted by molar-refractivity contribution is -0.177. The Morgan fingerprint density at radius 1 is 0.923 bits per heavy atom. The van der Waals surface area contributed by atoms with Crippen LogP contribution in [0, 0.1) is 47.3 Å². The molecule has 0 aromatic rings. The Bertz CT molecular complexity index is 337. The zero-order chi connectivity index (χ0) is 8.70. The van der Waals surface area contributed by atoms with Gasteiger partial charge in [0.25, 0.3) is 0 Å². The standard InChI is InChI=1S/C11H13IO/c1-11(13)8-3-2-4(8)7-9(11)5(3)6(2)10(7)12/h2-10,13H,1H3. The van der Waals surface area contributed by atoms with Crippen molar-refractivity contribution in [1.29, 1.82) is 0 Å². The normalized spacial score (nSPS) is 90.2. The molecule has 0 aromatic heterocycles. The molecule has 0 radical (unpaired) electrons. The second-order valence-corrected chi connectivity index (χ2v) is 7.62. The molecular formula is C11H13IO. The van der Waals surface area contributed by atoms with Gasteiger partial charge in [0.05, 0.1) is 5.60 Å². The van der Waals surface area contributed by atoms with Gasteiger partial charge in [0.1, 0.15) is 0 Å². The summed E-state index contributed by atoms with van der Waals surface area (Å²) < 4.78 is 0.929. The fourth-order valence-corrected chi connectivity index (χ4v) is 8.45. The second kappa shape index (κ2) is 1.53. The minimum Gasteiger partial charge on any atom is -0.390 e. The molecule has 0 amide bonds. The fourth-order valence-electron chi connectivity index (χ4n) is 6.57. The van der Waals surface area contributed by atoms with Crippen LogP contribution in [0.5, 0.6) is 0 Å². The molecule has 4 bridgehead atoms. The number of aliphatic hydroxyl groups is 1. The van der Waals surface area contributed by atoms with Crippen LogP contribution < -0.4 is 0 Å². The van der Waals surface area contributed by atoms with E-state index in [-0.39, 0.29) is 5.60 Å².